The molecule has 0 bridgehead atoms. The van der Waals surface area contributed by atoms with E-state index < -0.39 is 6.10 Å². The summed E-state index contributed by atoms with van der Waals surface area (Å²) in [6.07, 6.45) is -0.958. The molecule has 0 radical (unpaired) electrons. The Kier molecular flexibility index (Phi) is 6.86. The Morgan fingerprint density at radius 3 is 2.83 bits per heavy atom. The zero-order valence-electron chi connectivity index (χ0n) is 9.95. The highest BCUT2D eigenvalue weighted by Gasteiger charge is 2.07. The molecule has 0 saturated heterocycles. The molecule has 0 aliphatic rings. The minimum Gasteiger partial charge on any atom is -0.384 e. The summed E-state index contributed by atoms with van der Waals surface area (Å²) >= 11 is 13.5. The number of carbonyl (C=O) groups excluding carboxylic acids is 1. The lowest BCUT2D eigenvalue weighted by Gasteiger charge is -2.07. The zero-order valence-corrected chi connectivity index (χ0v) is 12.3. The molecule has 1 aromatic carbocycles. The van der Waals surface area contributed by atoms with Crippen LogP contribution in [0.5, 0.6) is 0 Å². The topological polar surface area (TPSA) is 49.3 Å². The Labute approximate surface area is 121 Å². The van der Waals surface area contributed by atoms with Crippen LogP contribution >= 0.6 is 35.0 Å². The number of aliphatic hydroxyl groups excluding tert-OH is 1. The van der Waals surface area contributed by atoms with Gasteiger partial charge in [-0.25, -0.2) is 0 Å². The molecule has 1 amide bonds. The van der Waals surface area contributed by atoms with Crippen LogP contribution in [-0.2, 0) is 10.5 Å². The molecule has 0 aromatic heterocycles. The van der Waals surface area contributed by atoms with E-state index in [1.54, 1.807) is 23.9 Å². The quantitative estimate of drug-likeness (QED) is 0.795. The zero-order chi connectivity index (χ0) is 13.5. The van der Waals surface area contributed by atoms with Gasteiger partial charge < -0.3 is 10.4 Å². The monoisotopic (exact) mass is 307 g/mol. The molecule has 0 spiro atoms. The van der Waals surface area contributed by atoms with E-state index in [4.69, 9.17) is 28.3 Å². The lowest BCUT2D eigenvalue weighted by molar-refractivity contribution is -0.128. The summed E-state index contributed by atoms with van der Waals surface area (Å²) in [6.45, 7) is 1.97. The van der Waals surface area contributed by atoms with Crippen molar-refractivity contribution in [3.63, 3.8) is 0 Å². The fraction of sp³-hybridized carbons (Fsp3) is 0.417. The predicted molar refractivity (Wildman–Crippen MR) is 77.3 cm³/mol. The molecule has 2 N–H and O–H groups in total. The molecular formula is C12H15Cl2NO2S. The first-order valence-corrected chi connectivity index (χ1v) is 7.39. The van der Waals surface area contributed by atoms with Crippen molar-refractivity contribution in [1.29, 1.82) is 0 Å². The Bertz CT molecular complexity index is 413. The number of nitrogens with one attached hydrogen (secondary N) is 1. The van der Waals surface area contributed by atoms with E-state index in [0.29, 0.717) is 16.6 Å². The van der Waals surface area contributed by atoms with Crippen LogP contribution in [0.15, 0.2) is 18.2 Å². The minimum absolute atomic E-state index is 0.347. The molecule has 18 heavy (non-hydrogen) atoms. The third kappa shape index (κ3) is 5.48. The second-order valence-corrected chi connectivity index (χ2v) is 5.70. The third-order valence-electron chi connectivity index (χ3n) is 2.20. The van der Waals surface area contributed by atoms with Crippen LogP contribution in [0.3, 0.4) is 0 Å². The molecule has 1 aromatic rings. The molecule has 6 heteroatoms. The number of hydrogen-bond acceptors (Lipinski definition) is 3. The largest absolute Gasteiger partial charge is 0.384 e. The van der Waals surface area contributed by atoms with Crippen molar-refractivity contribution >= 4 is 40.9 Å². The van der Waals surface area contributed by atoms with Crippen LogP contribution in [0.2, 0.25) is 10.0 Å². The van der Waals surface area contributed by atoms with Gasteiger partial charge in [0.15, 0.2) is 0 Å². The van der Waals surface area contributed by atoms with E-state index in [9.17, 15) is 4.79 Å². The smallest absolute Gasteiger partial charge is 0.248 e. The van der Waals surface area contributed by atoms with Gasteiger partial charge in [0.05, 0.1) is 0 Å². The fourth-order valence-corrected chi connectivity index (χ4v) is 2.63. The van der Waals surface area contributed by atoms with Crippen LogP contribution in [0.4, 0.5) is 0 Å². The number of benzene rings is 1. The second-order valence-electron chi connectivity index (χ2n) is 3.76. The molecule has 100 valence electrons. The van der Waals surface area contributed by atoms with Crippen molar-refractivity contribution in [1.82, 2.24) is 5.32 Å². The molecule has 0 heterocycles. The second kappa shape index (κ2) is 7.89. The minimum atomic E-state index is -0.958. The highest BCUT2D eigenvalue weighted by molar-refractivity contribution is 7.98. The van der Waals surface area contributed by atoms with Crippen molar-refractivity contribution in [2.75, 3.05) is 12.3 Å². The van der Waals surface area contributed by atoms with Crippen molar-refractivity contribution in [2.24, 2.45) is 0 Å². The van der Waals surface area contributed by atoms with Gasteiger partial charge >= 0.3 is 0 Å². The van der Waals surface area contributed by atoms with Gasteiger partial charge in [-0.3, -0.25) is 4.79 Å². The number of carbonyl (C=O) groups is 1. The van der Waals surface area contributed by atoms with E-state index in [2.05, 4.69) is 5.32 Å². The van der Waals surface area contributed by atoms with Crippen LogP contribution in [0.25, 0.3) is 0 Å². The number of thioether (sulfide) groups is 1. The molecule has 3 nitrogen and oxygen atoms in total. The van der Waals surface area contributed by atoms with Gasteiger partial charge in [0.1, 0.15) is 6.10 Å². The number of halogens is 2. The summed E-state index contributed by atoms with van der Waals surface area (Å²) < 4.78 is 0. The Hall–Kier alpha value is -0.420. The van der Waals surface area contributed by atoms with Gasteiger partial charge in [0.2, 0.25) is 5.91 Å². The van der Waals surface area contributed by atoms with E-state index >= 15 is 0 Å². The highest BCUT2D eigenvalue weighted by Crippen LogP contribution is 2.24. The van der Waals surface area contributed by atoms with Gasteiger partial charge in [0.25, 0.3) is 0 Å². The molecule has 1 rings (SSSR count). The number of hydrogen-bond donors (Lipinski definition) is 2. The first-order valence-electron chi connectivity index (χ1n) is 5.48. The van der Waals surface area contributed by atoms with Crippen molar-refractivity contribution < 1.29 is 9.90 Å². The number of amides is 1. The summed E-state index contributed by atoms with van der Waals surface area (Å²) in [5, 5.41) is 12.9. The maximum absolute atomic E-state index is 11.1. The summed E-state index contributed by atoms with van der Waals surface area (Å²) in [5.41, 5.74) is 1.02. The average Bonchev–Trinajstić information content (AvgIpc) is 2.30. The van der Waals surface area contributed by atoms with Crippen LogP contribution in [0, 0.1) is 0 Å². The van der Waals surface area contributed by atoms with Gasteiger partial charge in [-0.15, -0.1) is 0 Å². The molecule has 0 fully saturated rings. The van der Waals surface area contributed by atoms with Crippen molar-refractivity contribution in [3.8, 4) is 0 Å². The van der Waals surface area contributed by atoms with Gasteiger partial charge in [-0.05, 0) is 24.6 Å². The Balaban J connectivity index is 2.24. The maximum atomic E-state index is 11.1. The number of rotatable bonds is 6. The predicted octanol–water partition coefficient (Wildman–Crippen LogP) is 2.72. The SMILES string of the molecule is CC(O)C(=O)NCCSCc1ccc(Cl)cc1Cl. The maximum Gasteiger partial charge on any atom is 0.248 e. The summed E-state index contributed by atoms with van der Waals surface area (Å²) in [5.74, 6) is 1.18. The highest BCUT2D eigenvalue weighted by atomic mass is 35.5. The van der Waals surface area contributed by atoms with Gasteiger partial charge in [-0.1, -0.05) is 29.3 Å². The average molecular weight is 308 g/mol. The van der Waals surface area contributed by atoms with Gasteiger partial charge in [0, 0.05) is 28.1 Å². The first-order chi connectivity index (χ1) is 8.50. The Morgan fingerprint density at radius 2 is 2.22 bits per heavy atom. The van der Waals surface area contributed by atoms with E-state index in [1.165, 1.54) is 6.92 Å². The van der Waals surface area contributed by atoms with Crippen LogP contribution in [-0.4, -0.2) is 29.4 Å². The first kappa shape index (κ1) is 15.6. The van der Waals surface area contributed by atoms with E-state index in [0.717, 1.165) is 17.1 Å². The normalized spacial score (nSPS) is 12.2. The van der Waals surface area contributed by atoms with Gasteiger partial charge in [-0.2, -0.15) is 11.8 Å². The Morgan fingerprint density at radius 1 is 1.50 bits per heavy atom. The molecule has 0 saturated carbocycles. The molecule has 1 unspecified atom stereocenters. The summed E-state index contributed by atoms with van der Waals surface area (Å²) in [6, 6.07) is 5.42. The third-order valence-corrected chi connectivity index (χ3v) is 3.79. The molecule has 1 atom stereocenters. The molecule has 0 aliphatic carbocycles. The fourth-order valence-electron chi connectivity index (χ4n) is 1.21. The number of aliphatic hydroxyl groups is 1. The standard InChI is InChI=1S/C12H15Cl2NO2S/c1-8(16)12(17)15-4-5-18-7-9-2-3-10(13)6-11(9)14/h2-3,6,8,16H,4-5,7H2,1H3,(H,15,17). The van der Waals surface area contributed by atoms with Crippen LogP contribution < -0.4 is 5.32 Å². The van der Waals surface area contributed by atoms with Crippen molar-refractivity contribution in [2.45, 2.75) is 18.8 Å². The van der Waals surface area contributed by atoms with E-state index in [-0.39, 0.29) is 5.91 Å². The van der Waals surface area contributed by atoms with Crippen molar-refractivity contribution in [3.05, 3.63) is 33.8 Å². The lowest BCUT2D eigenvalue weighted by atomic mass is 10.2. The molecule has 0 aliphatic heterocycles. The lowest BCUT2D eigenvalue weighted by Crippen LogP contribution is -2.33. The summed E-state index contributed by atoms with van der Waals surface area (Å²) in [7, 11) is 0. The summed E-state index contributed by atoms with van der Waals surface area (Å²) in [4.78, 5) is 11.1. The van der Waals surface area contributed by atoms with Crippen LogP contribution in [0.1, 0.15) is 12.5 Å². The molecular weight excluding hydrogens is 293 g/mol. The van der Waals surface area contributed by atoms with E-state index in [1.807, 2.05) is 6.07 Å².